The van der Waals surface area contributed by atoms with Gasteiger partial charge in [0.25, 0.3) is 0 Å². The molecule has 1 aliphatic carbocycles. The van der Waals surface area contributed by atoms with Crippen molar-refractivity contribution in [3.63, 3.8) is 0 Å². The molecule has 2 saturated heterocycles. The quantitative estimate of drug-likeness (QED) is 0.281. The van der Waals surface area contributed by atoms with E-state index in [9.17, 15) is 0 Å². The Balaban J connectivity index is 0.00000259. The largest absolute Gasteiger partial charge is 0.490 e. The van der Waals surface area contributed by atoms with Crippen LogP contribution in [0.3, 0.4) is 0 Å². The number of piperidine rings is 1. The third-order valence-electron chi connectivity index (χ3n) is 7.42. The van der Waals surface area contributed by atoms with Crippen molar-refractivity contribution < 1.29 is 4.74 Å². The third-order valence-corrected chi connectivity index (χ3v) is 7.42. The Labute approximate surface area is 215 Å². The molecule has 0 aromatic heterocycles. The van der Waals surface area contributed by atoms with Gasteiger partial charge in [-0.2, -0.15) is 0 Å². The summed E-state index contributed by atoms with van der Waals surface area (Å²) in [5, 5.41) is 7.24. The Bertz CT molecular complexity index is 903. The van der Waals surface area contributed by atoms with Gasteiger partial charge in [-0.25, -0.2) is 0 Å². The number of para-hydroxylation sites is 1. The Morgan fingerprint density at radius 1 is 0.970 bits per heavy atom. The van der Waals surface area contributed by atoms with Crippen molar-refractivity contribution >= 4 is 29.9 Å². The van der Waals surface area contributed by atoms with Crippen molar-refractivity contribution in [2.75, 3.05) is 7.05 Å². The van der Waals surface area contributed by atoms with E-state index < -0.39 is 0 Å². The van der Waals surface area contributed by atoms with Crippen LogP contribution in [0.15, 0.2) is 59.6 Å². The number of aliphatic imine (C=N–C) groups is 1. The minimum atomic E-state index is 0. The molecule has 3 aliphatic rings. The van der Waals surface area contributed by atoms with E-state index in [4.69, 9.17) is 4.74 Å². The lowest BCUT2D eigenvalue weighted by Crippen LogP contribution is -2.52. The summed E-state index contributed by atoms with van der Waals surface area (Å²) in [6, 6.07) is 21.1. The lowest BCUT2D eigenvalue weighted by atomic mass is 9.96. The second-order valence-electron chi connectivity index (χ2n) is 9.56. The van der Waals surface area contributed by atoms with Crippen LogP contribution in [0.25, 0.3) is 0 Å². The van der Waals surface area contributed by atoms with Crippen LogP contribution in [0.2, 0.25) is 0 Å². The molecular formula is C27H37IN4O. The molecule has 2 unspecified atom stereocenters. The molecular weight excluding hydrogens is 523 g/mol. The molecule has 0 spiro atoms. The van der Waals surface area contributed by atoms with Gasteiger partial charge in [-0.1, -0.05) is 48.5 Å². The number of fused-ring (bicyclic) bond motifs is 2. The first-order valence-electron chi connectivity index (χ1n) is 12.3. The molecule has 0 radical (unpaired) electrons. The monoisotopic (exact) mass is 560 g/mol. The van der Waals surface area contributed by atoms with E-state index in [1.54, 1.807) is 0 Å². The second-order valence-corrected chi connectivity index (χ2v) is 9.56. The standard InChI is InChI=1S/C27H36N4O.HI/c1-28-27(29-18-21-10-5-6-13-26(21)32-25-11-7-12-25)30-22-16-23-14-15-24(17-22)31(23)19-20-8-3-2-4-9-20;/h2-6,8-10,13,22-25H,7,11-12,14-19H2,1H3,(H2,28,29,30);1H. The predicted octanol–water partition coefficient (Wildman–Crippen LogP) is 5.10. The molecule has 3 fully saturated rings. The zero-order chi connectivity index (χ0) is 21.8. The van der Waals surface area contributed by atoms with Crippen LogP contribution >= 0.6 is 24.0 Å². The maximum atomic E-state index is 6.19. The first-order chi connectivity index (χ1) is 15.8. The van der Waals surface area contributed by atoms with Gasteiger partial charge in [0.2, 0.25) is 0 Å². The number of hydrogen-bond acceptors (Lipinski definition) is 3. The van der Waals surface area contributed by atoms with Crippen LogP contribution in [0.1, 0.15) is 56.1 Å². The molecule has 5 nitrogen and oxygen atoms in total. The normalized spacial score (nSPS) is 25.1. The molecule has 2 aromatic rings. The van der Waals surface area contributed by atoms with Gasteiger partial charge in [0.05, 0.1) is 6.10 Å². The number of benzene rings is 2. The lowest BCUT2D eigenvalue weighted by Gasteiger charge is -2.39. The average molecular weight is 561 g/mol. The molecule has 2 N–H and O–H groups in total. The minimum Gasteiger partial charge on any atom is -0.490 e. The fourth-order valence-electron chi connectivity index (χ4n) is 5.44. The molecule has 33 heavy (non-hydrogen) atoms. The van der Waals surface area contributed by atoms with E-state index in [0.29, 0.717) is 24.2 Å². The highest BCUT2D eigenvalue weighted by molar-refractivity contribution is 14.0. The van der Waals surface area contributed by atoms with Gasteiger partial charge in [0.15, 0.2) is 5.96 Å². The van der Waals surface area contributed by atoms with Crippen LogP contribution in [-0.4, -0.2) is 42.1 Å². The van der Waals surface area contributed by atoms with E-state index in [1.807, 2.05) is 7.05 Å². The number of nitrogens with zero attached hydrogens (tertiary/aromatic N) is 2. The molecule has 1 saturated carbocycles. The third kappa shape index (κ3) is 6.01. The van der Waals surface area contributed by atoms with Crippen LogP contribution in [0.4, 0.5) is 0 Å². The van der Waals surface area contributed by atoms with Crippen molar-refractivity contribution in [1.29, 1.82) is 0 Å². The summed E-state index contributed by atoms with van der Waals surface area (Å²) in [6.45, 7) is 1.80. The Morgan fingerprint density at radius 3 is 2.33 bits per heavy atom. The molecule has 2 heterocycles. The van der Waals surface area contributed by atoms with Gasteiger partial charge < -0.3 is 15.4 Å². The number of halogens is 1. The fraction of sp³-hybridized carbons (Fsp3) is 0.519. The van der Waals surface area contributed by atoms with Crippen LogP contribution < -0.4 is 15.4 Å². The molecule has 2 aromatic carbocycles. The summed E-state index contributed by atoms with van der Waals surface area (Å²) < 4.78 is 6.19. The lowest BCUT2D eigenvalue weighted by molar-refractivity contribution is 0.114. The number of hydrogen-bond donors (Lipinski definition) is 2. The first kappa shape index (κ1) is 24.3. The number of ether oxygens (including phenoxy) is 1. The van der Waals surface area contributed by atoms with Gasteiger partial charge in [0.1, 0.15) is 5.75 Å². The summed E-state index contributed by atoms with van der Waals surface area (Å²) in [4.78, 5) is 7.25. The summed E-state index contributed by atoms with van der Waals surface area (Å²) >= 11 is 0. The van der Waals surface area contributed by atoms with Gasteiger partial charge in [-0.05, 0) is 56.6 Å². The maximum Gasteiger partial charge on any atom is 0.191 e. The molecule has 0 amide bonds. The highest BCUT2D eigenvalue weighted by atomic mass is 127. The van der Waals surface area contributed by atoms with Crippen molar-refractivity contribution in [3.05, 3.63) is 65.7 Å². The molecule has 5 rings (SSSR count). The highest BCUT2D eigenvalue weighted by Gasteiger charge is 2.40. The predicted molar refractivity (Wildman–Crippen MR) is 145 cm³/mol. The molecule has 178 valence electrons. The number of nitrogens with one attached hydrogen (secondary N) is 2. The summed E-state index contributed by atoms with van der Waals surface area (Å²) in [6.07, 6.45) is 9.03. The second kappa shape index (κ2) is 11.6. The Kier molecular flexibility index (Phi) is 8.52. The Morgan fingerprint density at radius 2 is 1.67 bits per heavy atom. The minimum absolute atomic E-state index is 0. The van der Waals surface area contributed by atoms with Crippen LogP contribution in [-0.2, 0) is 13.1 Å². The zero-order valence-corrected chi connectivity index (χ0v) is 21.9. The van der Waals surface area contributed by atoms with Crippen molar-refractivity contribution in [1.82, 2.24) is 15.5 Å². The van der Waals surface area contributed by atoms with Crippen molar-refractivity contribution in [2.24, 2.45) is 4.99 Å². The summed E-state index contributed by atoms with van der Waals surface area (Å²) in [5.74, 6) is 1.90. The summed E-state index contributed by atoms with van der Waals surface area (Å²) in [5.41, 5.74) is 2.62. The van der Waals surface area contributed by atoms with Crippen molar-refractivity contribution in [3.8, 4) is 5.75 Å². The SMILES string of the molecule is CN=C(NCc1ccccc1OC1CCC1)NC1CC2CCC(C1)N2Cc1ccccc1.I. The Hall–Kier alpha value is -1.80. The molecule has 2 aliphatic heterocycles. The van der Waals surface area contributed by atoms with Crippen LogP contribution in [0, 0.1) is 0 Å². The van der Waals surface area contributed by atoms with Gasteiger partial charge >= 0.3 is 0 Å². The first-order valence-corrected chi connectivity index (χ1v) is 12.3. The molecule has 2 atom stereocenters. The van der Waals surface area contributed by atoms with E-state index in [1.165, 1.54) is 56.1 Å². The smallest absolute Gasteiger partial charge is 0.191 e. The van der Waals surface area contributed by atoms with Gasteiger partial charge in [-0.3, -0.25) is 9.89 Å². The maximum absolute atomic E-state index is 6.19. The van der Waals surface area contributed by atoms with E-state index in [-0.39, 0.29) is 24.0 Å². The fourth-order valence-corrected chi connectivity index (χ4v) is 5.44. The van der Waals surface area contributed by atoms with Gasteiger partial charge in [-0.15, -0.1) is 24.0 Å². The average Bonchev–Trinajstić information content (AvgIpc) is 3.02. The zero-order valence-electron chi connectivity index (χ0n) is 19.6. The topological polar surface area (TPSA) is 48.9 Å². The van der Waals surface area contributed by atoms with E-state index in [2.05, 4.69) is 75.1 Å². The van der Waals surface area contributed by atoms with E-state index in [0.717, 1.165) is 24.8 Å². The summed E-state index contributed by atoms with van der Waals surface area (Å²) in [7, 11) is 1.87. The number of rotatable bonds is 7. The van der Waals surface area contributed by atoms with Crippen molar-refractivity contribution in [2.45, 2.75) is 82.3 Å². The van der Waals surface area contributed by atoms with Gasteiger partial charge in [0, 0.05) is 43.8 Å². The van der Waals surface area contributed by atoms with E-state index >= 15 is 0 Å². The molecule has 2 bridgehead atoms. The van der Waals surface area contributed by atoms with Crippen LogP contribution in [0.5, 0.6) is 5.75 Å². The molecule has 6 heteroatoms. The highest BCUT2D eigenvalue weighted by Crippen LogP contribution is 2.37. The number of guanidine groups is 1.